The summed E-state index contributed by atoms with van der Waals surface area (Å²) in [5.41, 5.74) is -0.0292. The van der Waals surface area contributed by atoms with Crippen LogP contribution in [0.4, 0.5) is 18.9 Å². The summed E-state index contributed by atoms with van der Waals surface area (Å²) in [6, 6.07) is 4.89. The van der Waals surface area contributed by atoms with Gasteiger partial charge in [0, 0.05) is 5.69 Å². The molecule has 106 valence electrons. The van der Waals surface area contributed by atoms with Gasteiger partial charge in [0.05, 0.1) is 17.7 Å². The largest absolute Gasteiger partial charge is 0.416 e. The smallest absolute Gasteiger partial charge is 0.391 e. The lowest BCUT2D eigenvalue weighted by molar-refractivity contribution is -0.137. The van der Waals surface area contributed by atoms with Gasteiger partial charge >= 0.3 is 6.18 Å². The van der Waals surface area contributed by atoms with Crippen molar-refractivity contribution in [3.05, 3.63) is 29.8 Å². The van der Waals surface area contributed by atoms with Crippen LogP contribution in [-0.2, 0) is 6.18 Å². The highest BCUT2D eigenvalue weighted by Gasteiger charge is 2.30. The molecule has 0 aliphatic heterocycles. The van der Waals surface area contributed by atoms with Crippen molar-refractivity contribution in [3.8, 4) is 0 Å². The summed E-state index contributed by atoms with van der Waals surface area (Å²) >= 11 is 0. The highest BCUT2D eigenvalue weighted by Crippen LogP contribution is 2.30. The lowest BCUT2D eigenvalue weighted by Gasteiger charge is -2.23. The lowest BCUT2D eigenvalue weighted by Crippen LogP contribution is -2.32. The summed E-state index contributed by atoms with van der Waals surface area (Å²) in [5, 5.41) is 13.1. The Morgan fingerprint density at radius 3 is 2.26 bits per heavy atom. The van der Waals surface area contributed by atoms with Gasteiger partial charge in [-0.25, -0.2) is 0 Å². The molecule has 0 aromatic heterocycles. The van der Waals surface area contributed by atoms with Crippen LogP contribution in [0, 0.1) is 0 Å². The summed E-state index contributed by atoms with van der Waals surface area (Å²) in [4.78, 5) is 0. The zero-order chi connectivity index (χ0) is 13.9. The molecule has 1 saturated carbocycles. The Bertz CT molecular complexity index is 402. The summed E-state index contributed by atoms with van der Waals surface area (Å²) in [7, 11) is 0. The fraction of sp³-hybridized carbons (Fsp3) is 0.571. The monoisotopic (exact) mass is 273 g/mol. The maximum atomic E-state index is 12.4. The van der Waals surface area contributed by atoms with Gasteiger partial charge < -0.3 is 10.4 Å². The molecule has 0 amide bonds. The zero-order valence-electron chi connectivity index (χ0n) is 10.6. The average Bonchev–Trinajstić information content (AvgIpc) is 2.55. The fourth-order valence-corrected chi connectivity index (χ4v) is 2.43. The van der Waals surface area contributed by atoms with Crippen molar-refractivity contribution in [2.45, 2.75) is 50.4 Å². The van der Waals surface area contributed by atoms with Crippen LogP contribution < -0.4 is 5.32 Å². The molecule has 19 heavy (non-hydrogen) atoms. The molecule has 5 heteroatoms. The minimum absolute atomic E-state index is 0.0702. The number of aliphatic hydroxyl groups excluding tert-OH is 1. The molecule has 2 unspecified atom stereocenters. The Balaban J connectivity index is 2.02. The fourth-order valence-electron chi connectivity index (χ4n) is 2.43. The second-order valence-corrected chi connectivity index (χ2v) is 5.03. The number of alkyl halides is 3. The standard InChI is InChI=1S/C14H18F3NO/c15-14(16,17)10-6-8-11(9-7-10)18-12-4-2-1-3-5-13(12)19/h6-9,12-13,18-19H,1-5H2. The van der Waals surface area contributed by atoms with Gasteiger partial charge in [0.2, 0.25) is 0 Å². The lowest BCUT2D eigenvalue weighted by atomic mass is 10.1. The van der Waals surface area contributed by atoms with Gasteiger partial charge in [-0.3, -0.25) is 0 Å². The summed E-state index contributed by atoms with van der Waals surface area (Å²) < 4.78 is 37.3. The van der Waals surface area contributed by atoms with Crippen LogP contribution in [0.25, 0.3) is 0 Å². The van der Waals surface area contributed by atoms with Gasteiger partial charge in [-0.1, -0.05) is 19.3 Å². The molecule has 2 N–H and O–H groups in total. The number of aliphatic hydroxyl groups is 1. The van der Waals surface area contributed by atoms with Crippen molar-refractivity contribution in [2.24, 2.45) is 0 Å². The quantitative estimate of drug-likeness (QED) is 0.803. The van der Waals surface area contributed by atoms with E-state index in [1.165, 1.54) is 12.1 Å². The number of nitrogens with one attached hydrogen (secondary N) is 1. The van der Waals surface area contributed by atoms with Gasteiger partial charge in [0.15, 0.2) is 0 Å². The van der Waals surface area contributed by atoms with Gasteiger partial charge in [0.1, 0.15) is 0 Å². The zero-order valence-corrected chi connectivity index (χ0v) is 10.6. The molecule has 0 saturated heterocycles. The Hall–Kier alpha value is -1.23. The van der Waals surface area contributed by atoms with Crippen molar-refractivity contribution in [1.29, 1.82) is 0 Å². The van der Waals surface area contributed by atoms with Crippen LogP contribution in [-0.4, -0.2) is 17.3 Å². The molecular weight excluding hydrogens is 255 g/mol. The normalized spacial score (nSPS) is 24.8. The van der Waals surface area contributed by atoms with E-state index in [1.807, 2.05) is 0 Å². The number of rotatable bonds is 2. The van der Waals surface area contributed by atoms with E-state index in [9.17, 15) is 18.3 Å². The van der Waals surface area contributed by atoms with E-state index in [-0.39, 0.29) is 6.04 Å². The summed E-state index contributed by atoms with van der Waals surface area (Å²) in [6.45, 7) is 0. The molecule has 0 bridgehead atoms. The number of hydrogen-bond donors (Lipinski definition) is 2. The van der Waals surface area contributed by atoms with Gasteiger partial charge in [-0.15, -0.1) is 0 Å². The van der Waals surface area contributed by atoms with E-state index in [4.69, 9.17) is 0 Å². The first-order valence-electron chi connectivity index (χ1n) is 6.59. The molecule has 2 rings (SSSR count). The third kappa shape index (κ3) is 3.86. The second-order valence-electron chi connectivity index (χ2n) is 5.03. The molecule has 1 aliphatic rings. The van der Waals surface area contributed by atoms with Gasteiger partial charge in [0.25, 0.3) is 0 Å². The van der Waals surface area contributed by atoms with Crippen LogP contribution in [0.15, 0.2) is 24.3 Å². The molecule has 0 spiro atoms. The van der Waals surface area contributed by atoms with E-state index in [1.54, 1.807) is 0 Å². The highest BCUT2D eigenvalue weighted by molar-refractivity contribution is 5.46. The van der Waals surface area contributed by atoms with Crippen molar-refractivity contribution in [2.75, 3.05) is 5.32 Å². The van der Waals surface area contributed by atoms with E-state index < -0.39 is 17.8 Å². The molecule has 2 atom stereocenters. The molecule has 0 radical (unpaired) electrons. The second kappa shape index (κ2) is 5.82. The molecule has 1 aromatic carbocycles. The van der Waals surface area contributed by atoms with Crippen LogP contribution in [0.5, 0.6) is 0 Å². The Labute approximate surface area is 110 Å². The van der Waals surface area contributed by atoms with Crippen molar-refractivity contribution >= 4 is 5.69 Å². The van der Waals surface area contributed by atoms with Crippen LogP contribution in [0.3, 0.4) is 0 Å². The molecule has 1 fully saturated rings. The molecule has 2 nitrogen and oxygen atoms in total. The molecular formula is C14H18F3NO. The molecule has 1 aromatic rings. The number of benzene rings is 1. The first kappa shape index (κ1) is 14.2. The van der Waals surface area contributed by atoms with Crippen LogP contribution >= 0.6 is 0 Å². The Kier molecular flexibility index (Phi) is 4.34. The highest BCUT2D eigenvalue weighted by atomic mass is 19.4. The number of halogens is 3. The van der Waals surface area contributed by atoms with Gasteiger partial charge in [-0.05, 0) is 37.1 Å². The number of hydrogen-bond acceptors (Lipinski definition) is 2. The first-order chi connectivity index (χ1) is 8.97. The van der Waals surface area contributed by atoms with E-state index >= 15 is 0 Å². The minimum Gasteiger partial charge on any atom is -0.391 e. The summed E-state index contributed by atoms with van der Waals surface area (Å²) in [6.07, 6.45) is 0.00922. The SMILES string of the molecule is OC1CCCCCC1Nc1ccc(C(F)(F)F)cc1. The first-order valence-corrected chi connectivity index (χ1v) is 6.59. The van der Waals surface area contributed by atoms with Crippen molar-refractivity contribution < 1.29 is 18.3 Å². The predicted octanol–water partition coefficient (Wildman–Crippen LogP) is 3.81. The third-order valence-electron chi connectivity index (χ3n) is 3.54. The topological polar surface area (TPSA) is 32.3 Å². The van der Waals surface area contributed by atoms with E-state index in [0.717, 1.165) is 44.2 Å². The van der Waals surface area contributed by atoms with Gasteiger partial charge in [-0.2, -0.15) is 13.2 Å². The van der Waals surface area contributed by atoms with Crippen molar-refractivity contribution in [1.82, 2.24) is 0 Å². The average molecular weight is 273 g/mol. The Morgan fingerprint density at radius 1 is 1.00 bits per heavy atom. The summed E-state index contributed by atoms with van der Waals surface area (Å²) in [5.74, 6) is 0. The van der Waals surface area contributed by atoms with E-state index in [2.05, 4.69) is 5.32 Å². The maximum absolute atomic E-state index is 12.4. The van der Waals surface area contributed by atoms with E-state index in [0.29, 0.717) is 5.69 Å². The minimum atomic E-state index is -4.31. The predicted molar refractivity (Wildman–Crippen MR) is 67.9 cm³/mol. The maximum Gasteiger partial charge on any atom is 0.416 e. The molecule has 0 heterocycles. The van der Waals surface area contributed by atoms with Crippen molar-refractivity contribution in [3.63, 3.8) is 0 Å². The molecule has 1 aliphatic carbocycles. The third-order valence-corrected chi connectivity index (χ3v) is 3.54. The van der Waals surface area contributed by atoms with Crippen LogP contribution in [0.1, 0.15) is 37.7 Å². The Morgan fingerprint density at radius 2 is 1.63 bits per heavy atom. The number of anilines is 1. The van der Waals surface area contributed by atoms with Crippen LogP contribution in [0.2, 0.25) is 0 Å².